The Morgan fingerprint density at radius 3 is 2.36 bits per heavy atom. The third-order valence-corrected chi connectivity index (χ3v) is 5.75. The van der Waals surface area contributed by atoms with Crippen LogP contribution >= 0.6 is 0 Å². The molecule has 3 aromatic carbocycles. The van der Waals surface area contributed by atoms with Crippen molar-refractivity contribution in [3.63, 3.8) is 0 Å². The van der Waals surface area contributed by atoms with Gasteiger partial charge in [0.05, 0.1) is 12.1 Å². The molecule has 1 heterocycles. The Morgan fingerprint density at radius 1 is 0.972 bits per heavy atom. The van der Waals surface area contributed by atoms with Gasteiger partial charge in [-0.2, -0.15) is 0 Å². The second-order valence-electron chi connectivity index (χ2n) is 8.20. The van der Waals surface area contributed by atoms with E-state index in [9.17, 15) is 14.4 Å². The van der Waals surface area contributed by atoms with Crippen molar-refractivity contribution in [2.24, 2.45) is 0 Å². The van der Waals surface area contributed by atoms with Crippen LogP contribution in [0.4, 0.5) is 5.69 Å². The zero-order valence-corrected chi connectivity index (χ0v) is 20.1. The van der Waals surface area contributed by atoms with Crippen molar-refractivity contribution >= 4 is 34.3 Å². The maximum Gasteiger partial charge on any atom is 0.249 e. The molecule has 1 aromatic heterocycles. The van der Waals surface area contributed by atoms with Gasteiger partial charge in [0.15, 0.2) is 5.78 Å². The van der Waals surface area contributed by atoms with E-state index in [1.165, 1.54) is 16.5 Å². The summed E-state index contributed by atoms with van der Waals surface area (Å²) in [6, 6.07) is 22.1. The average molecular weight is 486 g/mol. The van der Waals surface area contributed by atoms with Gasteiger partial charge in [-0.15, -0.1) is 5.10 Å². The molecule has 4 rings (SSSR count). The molecule has 2 amide bonds. The largest absolute Gasteiger partial charge is 0.383 e. The summed E-state index contributed by atoms with van der Waals surface area (Å²) in [4.78, 5) is 40.6. The third kappa shape index (κ3) is 5.47. The van der Waals surface area contributed by atoms with Crippen LogP contribution in [-0.4, -0.2) is 52.9 Å². The molecular weight excluding hydrogens is 458 g/mol. The lowest BCUT2D eigenvalue weighted by atomic mass is 10.0. The summed E-state index contributed by atoms with van der Waals surface area (Å²) in [5, 5.41) is 11.1. The molecule has 1 unspecified atom stereocenters. The number of hydrogen-bond acceptors (Lipinski definition) is 6. The number of hydrogen-bond donors (Lipinski definition) is 1. The van der Waals surface area contributed by atoms with Crippen molar-refractivity contribution in [3.8, 4) is 0 Å². The van der Waals surface area contributed by atoms with E-state index >= 15 is 0 Å². The number of ketones is 1. The Hall–Kier alpha value is -4.37. The first-order valence-corrected chi connectivity index (χ1v) is 11.5. The summed E-state index contributed by atoms with van der Waals surface area (Å²) in [7, 11) is 1.55. The Bertz CT molecular complexity index is 1350. The number of methoxy groups -OCH3 is 1. The molecule has 4 aromatic rings. The molecule has 0 spiro atoms. The molecule has 0 saturated heterocycles. The van der Waals surface area contributed by atoms with Crippen LogP contribution in [-0.2, 0) is 20.9 Å². The molecular formula is C27H27N5O4. The van der Waals surface area contributed by atoms with Crippen molar-refractivity contribution in [2.75, 3.05) is 25.2 Å². The average Bonchev–Trinajstić information content (AvgIpc) is 3.30. The first-order valence-electron chi connectivity index (χ1n) is 11.5. The van der Waals surface area contributed by atoms with Gasteiger partial charge in [0.2, 0.25) is 11.8 Å². The molecule has 9 heteroatoms. The van der Waals surface area contributed by atoms with Crippen LogP contribution < -0.4 is 10.2 Å². The highest BCUT2D eigenvalue weighted by Crippen LogP contribution is 2.29. The van der Waals surface area contributed by atoms with Crippen LogP contribution in [0.1, 0.15) is 28.9 Å². The topological polar surface area (TPSA) is 106 Å². The number of rotatable bonds is 10. The number of carbonyl (C=O) groups excluding carboxylic acids is 3. The number of anilines is 1. The summed E-state index contributed by atoms with van der Waals surface area (Å²) < 4.78 is 6.58. The van der Waals surface area contributed by atoms with E-state index in [1.54, 1.807) is 43.5 Å². The van der Waals surface area contributed by atoms with E-state index in [4.69, 9.17) is 4.74 Å². The van der Waals surface area contributed by atoms with Crippen molar-refractivity contribution in [3.05, 3.63) is 90.0 Å². The van der Waals surface area contributed by atoms with E-state index in [-0.39, 0.29) is 30.7 Å². The van der Waals surface area contributed by atoms with Gasteiger partial charge < -0.3 is 10.1 Å². The molecule has 0 saturated carbocycles. The molecule has 36 heavy (non-hydrogen) atoms. The number of carbonyl (C=O) groups is 3. The quantitative estimate of drug-likeness (QED) is 0.273. The van der Waals surface area contributed by atoms with E-state index in [0.717, 1.165) is 0 Å². The predicted octanol–water partition coefficient (Wildman–Crippen LogP) is 3.17. The highest BCUT2D eigenvalue weighted by molar-refractivity contribution is 6.02. The van der Waals surface area contributed by atoms with Crippen LogP contribution in [0.3, 0.4) is 0 Å². The Morgan fingerprint density at radius 2 is 1.67 bits per heavy atom. The molecule has 0 bridgehead atoms. The van der Waals surface area contributed by atoms with Gasteiger partial charge in [0, 0.05) is 24.9 Å². The Kier molecular flexibility index (Phi) is 7.82. The van der Waals surface area contributed by atoms with E-state index < -0.39 is 6.04 Å². The smallest absolute Gasteiger partial charge is 0.249 e. The lowest BCUT2D eigenvalue weighted by Crippen LogP contribution is -2.46. The highest BCUT2D eigenvalue weighted by atomic mass is 16.5. The lowest BCUT2D eigenvalue weighted by molar-refractivity contribution is -0.127. The minimum Gasteiger partial charge on any atom is -0.383 e. The van der Waals surface area contributed by atoms with Crippen LogP contribution in [0, 0.1) is 0 Å². The number of fused-ring (bicyclic) bond motifs is 1. The predicted molar refractivity (Wildman–Crippen MR) is 136 cm³/mol. The number of benzene rings is 3. The molecule has 1 N–H and O–H groups in total. The molecule has 0 aliphatic carbocycles. The fraction of sp³-hybridized carbons (Fsp3) is 0.222. The van der Waals surface area contributed by atoms with Crippen LogP contribution in [0.25, 0.3) is 11.0 Å². The highest BCUT2D eigenvalue weighted by Gasteiger charge is 2.33. The fourth-order valence-electron chi connectivity index (χ4n) is 3.96. The van der Waals surface area contributed by atoms with Gasteiger partial charge in [-0.25, -0.2) is 4.68 Å². The maximum atomic E-state index is 13.9. The molecule has 0 radical (unpaired) electrons. The zero-order valence-electron chi connectivity index (χ0n) is 20.1. The number of nitrogens with one attached hydrogen (secondary N) is 1. The summed E-state index contributed by atoms with van der Waals surface area (Å²) in [5.41, 5.74) is 3.00. The van der Waals surface area contributed by atoms with Gasteiger partial charge in [-0.1, -0.05) is 47.7 Å². The van der Waals surface area contributed by atoms with Crippen molar-refractivity contribution in [1.29, 1.82) is 0 Å². The molecule has 9 nitrogen and oxygen atoms in total. The first-order chi connectivity index (χ1) is 17.5. The number of para-hydroxylation sites is 1. The summed E-state index contributed by atoms with van der Waals surface area (Å²) in [6.45, 7) is 1.96. The van der Waals surface area contributed by atoms with Gasteiger partial charge in [-0.05, 0) is 48.9 Å². The maximum absolute atomic E-state index is 13.9. The second-order valence-corrected chi connectivity index (χ2v) is 8.20. The minimum absolute atomic E-state index is 0.0922. The van der Waals surface area contributed by atoms with Gasteiger partial charge >= 0.3 is 0 Å². The van der Waals surface area contributed by atoms with Crippen LogP contribution in [0.15, 0.2) is 78.9 Å². The lowest BCUT2D eigenvalue weighted by Gasteiger charge is -2.31. The monoisotopic (exact) mass is 485 g/mol. The summed E-state index contributed by atoms with van der Waals surface area (Å²) >= 11 is 0. The number of aromatic nitrogens is 3. The first kappa shape index (κ1) is 24.7. The van der Waals surface area contributed by atoms with E-state index in [0.29, 0.717) is 34.5 Å². The van der Waals surface area contributed by atoms with Gasteiger partial charge in [-0.3, -0.25) is 19.3 Å². The van der Waals surface area contributed by atoms with Crippen LogP contribution in [0.2, 0.25) is 0 Å². The molecule has 0 aliphatic heterocycles. The van der Waals surface area contributed by atoms with Crippen LogP contribution in [0.5, 0.6) is 0 Å². The number of amides is 2. The van der Waals surface area contributed by atoms with Gasteiger partial charge in [0.25, 0.3) is 0 Å². The molecule has 0 aliphatic rings. The molecule has 184 valence electrons. The number of Topliss-reactive ketones (excluding diaryl/α,β-unsaturated/α-hetero) is 1. The van der Waals surface area contributed by atoms with Crippen molar-refractivity contribution in [2.45, 2.75) is 19.5 Å². The second kappa shape index (κ2) is 11.4. The summed E-state index contributed by atoms with van der Waals surface area (Å²) in [6.07, 6.45) is 0. The van der Waals surface area contributed by atoms with E-state index in [2.05, 4.69) is 15.6 Å². The van der Waals surface area contributed by atoms with Gasteiger partial charge in [0.1, 0.15) is 18.1 Å². The molecule has 0 fully saturated rings. The molecule has 1 atom stereocenters. The standard InChI is InChI=1S/C27H27N5O4/c1-19(33)20-12-14-22(15-13-20)32(25(34)18-31-24-11-7-6-10-23(24)29-30-31)26(21-8-4-3-5-9-21)27(35)28-16-17-36-2/h3-15,26H,16-18H2,1-2H3,(H,28,35). The summed E-state index contributed by atoms with van der Waals surface area (Å²) in [5.74, 6) is -0.812. The minimum atomic E-state index is -0.964. The SMILES string of the molecule is COCCNC(=O)C(c1ccccc1)N(C(=O)Cn1nnc2ccccc21)c1ccc(C(C)=O)cc1. The number of ether oxygens (including phenoxy) is 1. The third-order valence-electron chi connectivity index (χ3n) is 5.75. The van der Waals surface area contributed by atoms with Crippen molar-refractivity contribution in [1.82, 2.24) is 20.3 Å². The number of nitrogens with zero attached hydrogens (tertiary/aromatic N) is 4. The van der Waals surface area contributed by atoms with Crippen molar-refractivity contribution < 1.29 is 19.1 Å². The normalized spacial score (nSPS) is 11.7. The Balaban J connectivity index is 1.77. The zero-order chi connectivity index (χ0) is 25.5. The van der Waals surface area contributed by atoms with E-state index in [1.807, 2.05) is 42.5 Å². The fourth-order valence-corrected chi connectivity index (χ4v) is 3.96. The Labute approximate surface area is 208 Å².